The fourth-order valence-corrected chi connectivity index (χ4v) is 3.97. The third-order valence-corrected chi connectivity index (χ3v) is 4.53. The van der Waals surface area contributed by atoms with Crippen LogP contribution in [0.5, 0.6) is 0 Å². The Kier molecular flexibility index (Phi) is 4.33. The molecule has 0 aliphatic rings. The molecule has 0 atom stereocenters. The quantitative estimate of drug-likeness (QED) is 0.505. The molecule has 0 bridgehead atoms. The van der Waals surface area contributed by atoms with Crippen molar-refractivity contribution in [3.63, 3.8) is 0 Å². The molecule has 1 aromatic heterocycles. The molecular weight excluding hydrogens is 274 g/mol. The zero-order chi connectivity index (χ0) is 14.0. The van der Waals surface area contributed by atoms with Crippen LogP contribution in [0.2, 0.25) is 0 Å². The van der Waals surface area contributed by atoms with Gasteiger partial charge >= 0.3 is 0 Å². The number of rotatable bonds is 4. The van der Waals surface area contributed by atoms with Gasteiger partial charge < -0.3 is 5.21 Å². The molecule has 0 aliphatic heterocycles. The minimum Gasteiger partial charge on any atom is -0.411 e. The highest BCUT2D eigenvalue weighted by Gasteiger charge is 2.22. The van der Waals surface area contributed by atoms with Crippen molar-refractivity contribution < 1.29 is 13.6 Å². The van der Waals surface area contributed by atoms with Crippen LogP contribution in [0.1, 0.15) is 33.4 Å². The summed E-state index contributed by atoms with van der Waals surface area (Å²) in [5.74, 6) is 0.0159. The molecule has 0 saturated carbocycles. The first kappa shape index (κ1) is 14.9. The van der Waals surface area contributed by atoms with Crippen molar-refractivity contribution in [3.8, 4) is 0 Å². The van der Waals surface area contributed by atoms with Crippen molar-refractivity contribution in [1.82, 2.24) is 4.98 Å². The summed E-state index contributed by atoms with van der Waals surface area (Å²) >= 11 is 1.15. The van der Waals surface area contributed by atoms with E-state index in [1.165, 1.54) is 0 Å². The molecule has 0 aliphatic carbocycles. The Bertz CT molecular complexity index is 541. The van der Waals surface area contributed by atoms with Crippen LogP contribution in [0.25, 0.3) is 0 Å². The van der Waals surface area contributed by atoms with E-state index in [0.29, 0.717) is 11.4 Å². The normalized spacial score (nSPS) is 13.7. The minimum atomic E-state index is -3.42. The van der Waals surface area contributed by atoms with E-state index in [2.05, 4.69) is 14.9 Å². The smallest absolute Gasteiger partial charge is 0.235 e. The summed E-state index contributed by atoms with van der Waals surface area (Å²) in [6.07, 6.45) is 0. The first-order valence-corrected chi connectivity index (χ1v) is 7.81. The molecule has 1 aromatic rings. The molecular formula is C10H17N3O3S2. The van der Waals surface area contributed by atoms with Gasteiger partial charge in [0, 0.05) is 5.38 Å². The van der Waals surface area contributed by atoms with Gasteiger partial charge in [0.1, 0.15) is 11.4 Å². The molecule has 0 radical (unpaired) electrons. The molecule has 6 nitrogen and oxygen atoms in total. The highest BCUT2D eigenvalue weighted by Crippen LogP contribution is 2.21. The van der Waals surface area contributed by atoms with E-state index < -0.39 is 10.0 Å². The summed E-state index contributed by atoms with van der Waals surface area (Å²) < 4.78 is 26.1. The summed E-state index contributed by atoms with van der Waals surface area (Å²) in [4.78, 5) is 4.03. The molecule has 1 heterocycles. The third kappa shape index (κ3) is 4.61. The van der Waals surface area contributed by atoms with Crippen LogP contribution in [-0.4, -0.2) is 30.1 Å². The number of oxime groups is 1. The predicted octanol–water partition coefficient (Wildman–Crippen LogP) is 2.13. The van der Waals surface area contributed by atoms with Crippen molar-refractivity contribution in [2.24, 2.45) is 10.6 Å². The highest BCUT2D eigenvalue weighted by molar-refractivity contribution is 7.92. The standard InChI is InChI=1S/C10H17N3O3S2/c1-7(12-14)8-5-17-9(11-8)13-18(15,16)6-10(2,3)4/h5,14H,6H2,1-4H3,(H,11,13). The van der Waals surface area contributed by atoms with Crippen LogP contribution >= 0.6 is 11.3 Å². The Balaban J connectivity index is 2.83. The van der Waals surface area contributed by atoms with Crippen LogP contribution in [0.15, 0.2) is 10.5 Å². The number of anilines is 1. The summed E-state index contributed by atoms with van der Waals surface area (Å²) in [6.45, 7) is 7.13. The summed E-state index contributed by atoms with van der Waals surface area (Å²) in [7, 11) is -3.42. The molecule has 0 unspecified atom stereocenters. The summed E-state index contributed by atoms with van der Waals surface area (Å²) in [6, 6.07) is 0. The van der Waals surface area contributed by atoms with E-state index in [1.54, 1.807) is 12.3 Å². The maximum Gasteiger partial charge on any atom is 0.235 e. The lowest BCUT2D eigenvalue weighted by atomic mass is 10.0. The van der Waals surface area contributed by atoms with E-state index in [0.717, 1.165) is 11.3 Å². The number of nitrogens with one attached hydrogen (secondary N) is 1. The number of thiazole rings is 1. The molecule has 0 fully saturated rings. The first-order valence-electron chi connectivity index (χ1n) is 5.28. The highest BCUT2D eigenvalue weighted by atomic mass is 32.2. The van der Waals surface area contributed by atoms with E-state index in [4.69, 9.17) is 5.21 Å². The maximum absolute atomic E-state index is 11.8. The van der Waals surface area contributed by atoms with Gasteiger partial charge in [-0.05, 0) is 12.3 Å². The third-order valence-electron chi connectivity index (χ3n) is 1.89. The number of nitrogens with zero attached hydrogens (tertiary/aromatic N) is 2. The fourth-order valence-electron chi connectivity index (χ4n) is 1.28. The van der Waals surface area contributed by atoms with Gasteiger partial charge in [0.15, 0.2) is 5.13 Å². The lowest BCUT2D eigenvalue weighted by molar-refractivity contribution is 0.319. The second-order valence-corrected chi connectivity index (χ2v) is 7.73. The Labute approximate surface area is 111 Å². The van der Waals surface area contributed by atoms with E-state index in [-0.39, 0.29) is 16.3 Å². The molecule has 18 heavy (non-hydrogen) atoms. The Morgan fingerprint density at radius 2 is 2.17 bits per heavy atom. The number of aromatic nitrogens is 1. The van der Waals surface area contributed by atoms with Crippen molar-refractivity contribution in [2.45, 2.75) is 27.7 Å². The molecule has 0 saturated heterocycles. The summed E-state index contributed by atoms with van der Waals surface area (Å²) in [5.41, 5.74) is 0.470. The number of hydrogen-bond acceptors (Lipinski definition) is 6. The van der Waals surface area contributed by atoms with Gasteiger partial charge in [-0.15, -0.1) is 11.3 Å². The van der Waals surface area contributed by atoms with Crippen LogP contribution in [0, 0.1) is 5.41 Å². The molecule has 2 N–H and O–H groups in total. The molecule has 8 heteroatoms. The largest absolute Gasteiger partial charge is 0.411 e. The second-order valence-electron chi connectivity index (χ2n) is 5.15. The van der Waals surface area contributed by atoms with Gasteiger partial charge in [0.2, 0.25) is 10.0 Å². The minimum absolute atomic E-state index is 0.0159. The lowest BCUT2D eigenvalue weighted by Gasteiger charge is -2.17. The fraction of sp³-hybridized carbons (Fsp3) is 0.600. The van der Waals surface area contributed by atoms with Crippen molar-refractivity contribution in [3.05, 3.63) is 11.1 Å². The Morgan fingerprint density at radius 1 is 1.56 bits per heavy atom. The average Bonchev–Trinajstić information content (AvgIpc) is 2.60. The Hall–Kier alpha value is -1.15. The topological polar surface area (TPSA) is 91.7 Å². The van der Waals surface area contributed by atoms with Gasteiger partial charge in [0.05, 0.1) is 5.75 Å². The predicted molar refractivity (Wildman–Crippen MR) is 73.0 cm³/mol. The first-order chi connectivity index (χ1) is 8.13. The van der Waals surface area contributed by atoms with E-state index in [9.17, 15) is 8.42 Å². The SMILES string of the molecule is CC(=NO)c1csc(NS(=O)(=O)CC(C)(C)C)n1. The monoisotopic (exact) mass is 291 g/mol. The molecule has 102 valence electrons. The number of sulfonamides is 1. The zero-order valence-electron chi connectivity index (χ0n) is 10.8. The van der Waals surface area contributed by atoms with E-state index >= 15 is 0 Å². The second kappa shape index (κ2) is 5.23. The van der Waals surface area contributed by atoms with Gasteiger partial charge in [-0.1, -0.05) is 25.9 Å². The zero-order valence-corrected chi connectivity index (χ0v) is 12.4. The Morgan fingerprint density at radius 3 is 2.67 bits per heavy atom. The molecule has 0 aromatic carbocycles. The molecule has 0 spiro atoms. The van der Waals surface area contributed by atoms with Gasteiger partial charge in [-0.3, -0.25) is 4.72 Å². The van der Waals surface area contributed by atoms with Crippen molar-refractivity contribution in [1.29, 1.82) is 0 Å². The van der Waals surface area contributed by atoms with Gasteiger partial charge in [-0.2, -0.15) is 0 Å². The lowest BCUT2D eigenvalue weighted by Crippen LogP contribution is -2.26. The maximum atomic E-state index is 11.8. The summed E-state index contributed by atoms with van der Waals surface area (Å²) in [5, 5.41) is 13.5. The van der Waals surface area contributed by atoms with Crippen LogP contribution in [0.4, 0.5) is 5.13 Å². The molecule has 0 amide bonds. The van der Waals surface area contributed by atoms with Crippen molar-refractivity contribution in [2.75, 3.05) is 10.5 Å². The van der Waals surface area contributed by atoms with Crippen LogP contribution in [0.3, 0.4) is 0 Å². The number of hydrogen-bond donors (Lipinski definition) is 2. The average molecular weight is 291 g/mol. The van der Waals surface area contributed by atoms with Gasteiger partial charge in [-0.25, -0.2) is 13.4 Å². The molecule has 1 rings (SSSR count). The van der Waals surface area contributed by atoms with Gasteiger partial charge in [0.25, 0.3) is 0 Å². The van der Waals surface area contributed by atoms with E-state index in [1.807, 2.05) is 20.8 Å². The van der Waals surface area contributed by atoms with Crippen LogP contribution in [-0.2, 0) is 10.0 Å². The van der Waals surface area contributed by atoms with Crippen LogP contribution < -0.4 is 4.72 Å². The van der Waals surface area contributed by atoms with Crippen molar-refractivity contribution >= 4 is 32.2 Å².